The summed E-state index contributed by atoms with van der Waals surface area (Å²) in [5.74, 6) is 1.16. The van der Waals surface area contributed by atoms with Crippen molar-refractivity contribution in [3.63, 3.8) is 0 Å². The highest BCUT2D eigenvalue weighted by Crippen LogP contribution is 2.49. The molecule has 3 aromatic carbocycles. The fourth-order valence-electron chi connectivity index (χ4n) is 4.78. The van der Waals surface area contributed by atoms with Gasteiger partial charge < -0.3 is 4.90 Å². The Kier molecular flexibility index (Phi) is 5.79. The number of nitro groups is 2. The maximum Gasteiger partial charge on any atom is 0.301 e. The van der Waals surface area contributed by atoms with Gasteiger partial charge in [-0.25, -0.2) is 9.99 Å². The van der Waals surface area contributed by atoms with Gasteiger partial charge in [0.1, 0.15) is 10.9 Å². The number of non-ortho nitro benzene ring substituents is 1. The van der Waals surface area contributed by atoms with Crippen LogP contribution in [0.4, 0.5) is 22.7 Å². The quantitative estimate of drug-likeness (QED) is 0.243. The predicted octanol–water partition coefficient (Wildman–Crippen LogP) is 5.03. The van der Waals surface area contributed by atoms with Gasteiger partial charge in [-0.1, -0.05) is 47.7 Å². The van der Waals surface area contributed by atoms with E-state index in [1.807, 2.05) is 74.4 Å². The Morgan fingerprint density at radius 3 is 2.41 bits per heavy atom. The highest BCUT2D eigenvalue weighted by molar-refractivity contribution is 8.01. The topological polar surface area (TPSA) is 136 Å². The van der Waals surface area contributed by atoms with E-state index in [0.717, 1.165) is 28.4 Å². The minimum Gasteiger partial charge on any atom is -0.378 e. The molecule has 6 rings (SSSR count). The number of hydrogen-bond donors (Lipinski definition) is 0. The molecule has 0 N–H and O–H groups in total. The number of anilines is 2. The van der Waals surface area contributed by atoms with E-state index in [2.05, 4.69) is 0 Å². The second-order valence-electron chi connectivity index (χ2n) is 9.46. The van der Waals surface area contributed by atoms with Crippen LogP contribution >= 0.6 is 11.8 Å². The fourth-order valence-corrected chi connectivity index (χ4v) is 6.03. The smallest absolute Gasteiger partial charge is 0.301 e. The van der Waals surface area contributed by atoms with Gasteiger partial charge >= 0.3 is 5.69 Å². The maximum atomic E-state index is 12.0. The zero-order chi connectivity index (χ0) is 27.4. The van der Waals surface area contributed by atoms with Crippen molar-refractivity contribution >= 4 is 40.3 Å². The molecule has 2 aliphatic rings. The number of aryl methyl sites for hydroxylation is 1. The lowest BCUT2D eigenvalue weighted by molar-refractivity contribution is -0.393. The molecule has 196 valence electrons. The third-order valence-electron chi connectivity index (χ3n) is 6.68. The molecule has 0 amide bonds. The number of hydrogen-bond acceptors (Lipinski definition) is 10. The van der Waals surface area contributed by atoms with Gasteiger partial charge in [0.25, 0.3) is 5.69 Å². The summed E-state index contributed by atoms with van der Waals surface area (Å²) in [7, 11) is 3.89. The van der Waals surface area contributed by atoms with Crippen molar-refractivity contribution < 1.29 is 9.85 Å². The van der Waals surface area contributed by atoms with Crippen LogP contribution in [0.3, 0.4) is 0 Å². The molecule has 0 spiro atoms. The molecule has 2 atom stereocenters. The molecular weight excluding hydrogens is 520 g/mol. The highest BCUT2D eigenvalue weighted by Gasteiger charge is 2.48. The van der Waals surface area contributed by atoms with Crippen molar-refractivity contribution in [2.45, 2.75) is 23.4 Å². The Hall–Kier alpha value is -4.78. The van der Waals surface area contributed by atoms with E-state index in [-0.39, 0.29) is 16.6 Å². The molecule has 13 heteroatoms. The molecule has 12 nitrogen and oxygen atoms in total. The highest BCUT2D eigenvalue weighted by atomic mass is 32.2. The summed E-state index contributed by atoms with van der Waals surface area (Å²) in [4.78, 5) is 28.8. The molecule has 0 radical (unpaired) electrons. The molecule has 2 aliphatic heterocycles. The summed E-state index contributed by atoms with van der Waals surface area (Å²) in [5.41, 5.74) is 3.26. The van der Waals surface area contributed by atoms with E-state index in [9.17, 15) is 20.2 Å². The molecule has 0 aliphatic carbocycles. The number of nitrogens with zero attached hydrogens (tertiary/aromatic N) is 8. The summed E-state index contributed by atoms with van der Waals surface area (Å²) in [6.07, 6.45) is 0. The summed E-state index contributed by atoms with van der Waals surface area (Å²) < 4.78 is 1.69. The zero-order valence-electron chi connectivity index (χ0n) is 21.1. The van der Waals surface area contributed by atoms with Gasteiger partial charge in [-0.2, -0.15) is 9.78 Å². The third kappa shape index (κ3) is 4.16. The van der Waals surface area contributed by atoms with Gasteiger partial charge in [-0.3, -0.25) is 20.2 Å². The van der Waals surface area contributed by atoms with E-state index < -0.39 is 21.6 Å². The van der Waals surface area contributed by atoms with Crippen molar-refractivity contribution in [3.05, 3.63) is 98.1 Å². The molecule has 0 bridgehead atoms. The Balaban J connectivity index is 1.47. The Morgan fingerprint density at radius 2 is 1.74 bits per heavy atom. The monoisotopic (exact) mass is 542 g/mol. The Morgan fingerprint density at radius 1 is 0.974 bits per heavy atom. The summed E-state index contributed by atoms with van der Waals surface area (Å²) in [5, 5.41) is 34.9. The zero-order valence-corrected chi connectivity index (χ0v) is 21.9. The second-order valence-corrected chi connectivity index (χ2v) is 10.6. The first-order valence-corrected chi connectivity index (χ1v) is 12.9. The number of nitro benzene ring substituents is 2. The lowest BCUT2D eigenvalue weighted by atomic mass is 10.0. The lowest BCUT2D eigenvalue weighted by Crippen LogP contribution is -2.27. The normalized spacial score (nSPS) is 17.5. The van der Waals surface area contributed by atoms with Crippen LogP contribution in [0.25, 0.3) is 11.4 Å². The SMILES string of the molecule is Cc1cccc(-c2nc3n(n2)C2=NN(c4ccc([N+](=O)[O-])cc4[N+](=O)[O-])C(c4ccc(N(C)C)cc4)C2S3)c1. The standard InChI is InChI=1S/C26H22N8O4S/c1-15-5-4-6-17(13-15)24-27-26-32(28-24)25-23(39-26)22(16-7-9-18(10-8-16)30(2)3)31(29-25)20-12-11-19(33(35)36)14-21(20)34(37)38/h4-14,22-23H,1-3H3. The molecule has 39 heavy (non-hydrogen) atoms. The van der Waals surface area contributed by atoms with Gasteiger partial charge in [0.2, 0.25) is 0 Å². The molecule has 3 heterocycles. The minimum absolute atomic E-state index is 0.162. The Bertz CT molecular complexity index is 1670. The van der Waals surface area contributed by atoms with Gasteiger partial charge in [0, 0.05) is 31.4 Å². The van der Waals surface area contributed by atoms with Gasteiger partial charge in [-0.05, 0) is 36.8 Å². The first kappa shape index (κ1) is 24.6. The number of aromatic nitrogens is 3. The van der Waals surface area contributed by atoms with E-state index in [1.54, 1.807) is 9.69 Å². The van der Waals surface area contributed by atoms with Crippen LogP contribution in [-0.2, 0) is 0 Å². The van der Waals surface area contributed by atoms with Crippen LogP contribution in [0.2, 0.25) is 0 Å². The van der Waals surface area contributed by atoms with Crippen molar-refractivity contribution in [2.75, 3.05) is 24.0 Å². The van der Waals surface area contributed by atoms with Crippen molar-refractivity contribution in [1.29, 1.82) is 0 Å². The van der Waals surface area contributed by atoms with Crippen LogP contribution in [0.1, 0.15) is 17.2 Å². The number of thioether (sulfide) groups is 1. The van der Waals surface area contributed by atoms with E-state index in [4.69, 9.17) is 15.2 Å². The molecule has 2 unspecified atom stereocenters. The molecule has 0 fully saturated rings. The lowest BCUT2D eigenvalue weighted by Gasteiger charge is -2.27. The molecule has 0 saturated carbocycles. The molecule has 1 aromatic heterocycles. The minimum atomic E-state index is -0.650. The van der Waals surface area contributed by atoms with E-state index in [0.29, 0.717) is 16.8 Å². The number of fused-ring (bicyclic) bond motifs is 3. The maximum absolute atomic E-state index is 12.0. The fraction of sp³-hybridized carbons (Fsp3) is 0.192. The predicted molar refractivity (Wildman–Crippen MR) is 148 cm³/mol. The number of benzene rings is 3. The van der Waals surface area contributed by atoms with Crippen LogP contribution in [-0.4, -0.2) is 49.8 Å². The van der Waals surface area contributed by atoms with E-state index in [1.165, 1.54) is 23.9 Å². The molecule has 4 aromatic rings. The first-order valence-electron chi connectivity index (χ1n) is 12.0. The van der Waals surface area contributed by atoms with Crippen LogP contribution in [0.5, 0.6) is 0 Å². The summed E-state index contributed by atoms with van der Waals surface area (Å²) >= 11 is 1.49. The van der Waals surface area contributed by atoms with Crippen LogP contribution in [0, 0.1) is 27.2 Å². The second kappa shape index (κ2) is 9.20. The van der Waals surface area contributed by atoms with Gasteiger partial charge in [0.15, 0.2) is 16.8 Å². The number of hydrazone groups is 1. The number of rotatable bonds is 6. The Labute approximate surface area is 226 Å². The summed E-state index contributed by atoms with van der Waals surface area (Å²) in [6.45, 7) is 2.00. The van der Waals surface area contributed by atoms with Crippen molar-refractivity contribution in [1.82, 2.24) is 14.8 Å². The first-order chi connectivity index (χ1) is 18.7. The average molecular weight is 543 g/mol. The largest absolute Gasteiger partial charge is 0.378 e. The van der Waals surface area contributed by atoms with Gasteiger partial charge in [-0.15, -0.1) is 5.10 Å². The molecular formula is C26H22N8O4S. The van der Waals surface area contributed by atoms with Crippen molar-refractivity contribution in [3.8, 4) is 11.4 Å². The third-order valence-corrected chi connectivity index (χ3v) is 7.88. The van der Waals surface area contributed by atoms with Crippen LogP contribution < -0.4 is 9.91 Å². The van der Waals surface area contributed by atoms with Crippen molar-refractivity contribution in [2.24, 2.45) is 5.10 Å². The average Bonchev–Trinajstić information content (AvgIpc) is 3.58. The van der Waals surface area contributed by atoms with Crippen LogP contribution in [0.15, 0.2) is 77.0 Å². The van der Waals surface area contributed by atoms with Gasteiger partial charge in [0.05, 0.1) is 22.0 Å². The van der Waals surface area contributed by atoms with E-state index >= 15 is 0 Å². The summed E-state index contributed by atoms with van der Waals surface area (Å²) in [6, 6.07) is 19.0. The molecule has 0 saturated heterocycles.